The van der Waals surface area contributed by atoms with Crippen molar-refractivity contribution >= 4 is 23.2 Å². The minimum absolute atomic E-state index is 0.198. The zero-order valence-electron chi connectivity index (χ0n) is 15.6. The summed E-state index contributed by atoms with van der Waals surface area (Å²) < 4.78 is 7.71. The topological polar surface area (TPSA) is 59.7 Å². The summed E-state index contributed by atoms with van der Waals surface area (Å²) in [6.07, 6.45) is 5.05. The number of aromatic nitrogens is 3. The standard InChI is InChI=1S/C21H23ClN4O2/c22-17-6-8-18(9-7-17)28-15-3-5-20(27)25-13-10-16(11-14-25)21-24-23-19-4-1-2-12-26(19)21/h1-2,4,6-9,12,16H,3,5,10-11,13-15H2. The highest BCUT2D eigenvalue weighted by Crippen LogP contribution is 2.27. The molecular formula is C21H23ClN4O2. The van der Waals surface area contributed by atoms with Crippen LogP contribution in [-0.2, 0) is 4.79 Å². The highest BCUT2D eigenvalue weighted by molar-refractivity contribution is 6.30. The van der Waals surface area contributed by atoms with E-state index in [1.165, 1.54) is 0 Å². The van der Waals surface area contributed by atoms with Gasteiger partial charge in [0.15, 0.2) is 5.65 Å². The average molecular weight is 399 g/mol. The Morgan fingerprint density at radius 1 is 1.11 bits per heavy atom. The Labute approximate surface area is 169 Å². The fourth-order valence-corrected chi connectivity index (χ4v) is 3.75. The first-order valence-electron chi connectivity index (χ1n) is 9.66. The van der Waals surface area contributed by atoms with Gasteiger partial charge in [-0.3, -0.25) is 9.20 Å². The van der Waals surface area contributed by atoms with Crippen molar-refractivity contribution in [3.05, 3.63) is 59.5 Å². The summed E-state index contributed by atoms with van der Waals surface area (Å²) in [5.74, 6) is 2.32. The summed E-state index contributed by atoms with van der Waals surface area (Å²) >= 11 is 5.86. The minimum atomic E-state index is 0.198. The number of pyridine rings is 1. The monoisotopic (exact) mass is 398 g/mol. The SMILES string of the molecule is O=C(CCCOc1ccc(Cl)cc1)N1CCC(c2nnc3ccccn23)CC1. The number of amides is 1. The molecule has 0 atom stereocenters. The second kappa shape index (κ2) is 8.61. The molecule has 146 valence electrons. The molecule has 0 saturated carbocycles. The smallest absolute Gasteiger partial charge is 0.222 e. The van der Waals surface area contributed by atoms with E-state index in [-0.39, 0.29) is 5.91 Å². The minimum Gasteiger partial charge on any atom is -0.494 e. The van der Waals surface area contributed by atoms with Gasteiger partial charge in [0, 0.05) is 36.6 Å². The quantitative estimate of drug-likeness (QED) is 0.590. The summed E-state index contributed by atoms with van der Waals surface area (Å²) in [7, 11) is 0. The van der Waals surface area contributed by atoms with Crippen LogP contribution in [0.1, 0.15) is 37.4 Å². The number of benzene rings is 1. The van der Waals surface area contributed by atoms with Gasteiger partial charge in [-0.2, -0.15) is 0 Å². The van der Waals surface area contributed by atoms with E-state index in [9.17, 15) is 4.79 Å². The Morgan fingerprint density at radius 3 is 2.68 bits per heavy atom. The zero-order chi connectivity index (χ0) is 19.3. The van der Waals surface area contributed by atoms with E-state index in [2.05, 4.69) is 14.6 Å². The number of likely N-dealkylation sites (tertiary alicyclic amines) is 1. The summed E-state index contributed by atoms with van der Waals surface area (Å²) in [6.45, 7) is 2.06. The Balaban J connectivity index is 1.22. The molecule has 6 nitrogen and oxygen atoms in total. The number of carbonyl (C=O) groups excluding carboxylic acids is 1. The molecule has 2 aromatic heterocycles. The zero-order valence-corrected chi connectivity index (χ0v) is 16.4. The van der Waals surface area contributed by atoms with Crippen molar-refractivity contribution in [2.45, 2.75) is 31.6 Å². The number of halogens is 1. The number of ether oxygens (including phenoxy) is 1. The molecule has 1 fully saturated rings. The van der Waals surface area contributed by atoms with E-state index < -0.39 is 0 Å². The van der Waals surface area contributed by atoms with Gasteiger partial charge in [0.05, 0.1) is 6.61 Å². The van der Waals surface area contributed by atoms with Crippen LogP contribution in [0.2, 0.25) is 5.02 Å². The number of nitrogens with zero attached hydrogens (tertiary/aromatic N) is 4. The fourth-order valence-electron chi connectivity index (χ4n) is 3.63. The maximum atomic E-state index is 12.5. The van der Waals surface area contributed by atoms with Crippen LogP contribution in [-0.4, -0.2) is 45.1 Å². The molecule has 1 aromatic carbocycles. The fraction of sp³-hybridized carbons (Fsp3) is 0.381. The van der Waals surface area contributed by atoms with Crippen LogP contribution in [0.3, 0.4) is 0 Å². The normalized spacial score (nSPS) is 15.1. The van der Waals surface area contributed by atoms with E-state index >= 15 is 0 Å². The van der Waals surface area contributed by atoms with Crippen molar-refractivity contribution < 1.29 is 9.53 Å². The molecule has 1 saturated heterocycles. The molecule has 0 N–H and O–H groups in total. The molecule has 3 heterocycles. The second-order valence-corrected chi connectivity index (χ2v) is 7.48. The van der Waals surface area contributed by atoms with Gasteiger partial charge < -0.3 is 9.64 Å². The molecular weight excluding hydrogens is 376 g/mol. The van der Waals surface area contributed by atoms with Gasteiger partial charge in [-0.1, -0.05) is 17.7 Å². The summed E-state index contributed by atoms with van der Waals surface area (Å²) in [5.41, 5.74) is 0.872. The first kappa shape index (κ1) is 18.7. The van der Waals surface area contributed by atoms with Crippen LogP contribution in [0.5, 0.6) is 5.75 Å². The lowest BCUT2D eigenvalue weighted by molar-refractivity contribution is -0.132. The Morgan fingerprint density at radius 2 is 1.89 bits per heavy atom. The molecule has 0 bridgehead atoms. The molecule has 1 amide bonds. The molecule has 3 aromatic rings. The van der Waals surface area contributed by atoms with Gasteiger partial charge in [-0.25, -0.2) is 0 Å². The van der Waals surface area contributed by atoms with Crippen LogP contribution in [0.4, 0.5) is 0 Å². The lowest BCUT2D eigenvalue weighted by Crippen LogP contribution is -2.38. The van der Waals surface area contributed by atoms with Crippen LogP contribution < -0.4 is 4.74 Å². The van der Waals surface area contributed by atoms with Gasteiger partial charge in [0.1, 0.15) is 11.6 Å². The van der Waals surface area contributed by atoms with Crippen LogP contribution >= 0.6 is 11.6 Å². The van der Waals surface area contributed by atoms with Gasteiger partial charge in [0.2, 0.25) is 5.91 Å². The van der Waals surface area contributed by atoms with Crippen LogP contribution in [0.15, 0.2) is 48.7 Å². The summed E-state index contributed by atoms with van der Waals surface area (Å²) in [5, 5.41) is 9.29. The molecule has 0 unspecified atom stereocenters. The van der Waals surface area contributed by atoms with Crippen molar-refractivity contribution in [1.29, 1.82) is 0 Å². The van der Waals surface area contributed by atoms with Gasteiger partial charge >= 0.3 is 0 Å². The first-order chi connectivity index (χ1) is 13.7. The summed E-state index contributed by atoms with van der Waals surface area (Å²) in [4.78, 5) is 14.4. The lowest BCUT2D eigenvalue weighted by atomic mass is 9.95. The molecule has 0 spiro atoms. The van der Waals surface area contributed by atoms with Gasteiger partial charge in [-0.05, 0) is 55.7 Å². The van der Waals surface area contributed by atoms with E-state index in [0.717, 1.165) is 43.2 Å². The highest BCUT2D eigenvalue weighted by atomic mass is 35.5. The van der Waals surface area contributed by atoms with Crippen molar-refractivity contribution in [2.75, 3.05) is 19.7 Å². The van der Waals surface area contributed by atoms with Crippen molar-refractivity contribution in [1.82, 2.24) is 19.5 Å². The number of hydrogen-bond donors (Lipinski definition) is 0. The largest absolute Gasteiger partial charge is 0.494 e. The van der Waals surface area contributed by atoms with Gasteiger partial charge in [0.25, 0.3) is 0 Å². The van der Waals surface area contributed by atoms with Crippen molar-refractivity contribution in [3.63, 3.8) is 0 Å². The molecule has 1 aliphatic heterocycles. The molecule has 4 rings (SSSR count). The van der Waals surface area contributed by atoms with E-state index in [0.29, 0.717) is 30.4 Å². The Bertz CT molecular complexity index is 933. The molecule has 7 heteroatoms. The van der Waals surface area contributed by atoms with Gasteiger partial charge in [-0.15, -0.1) is 10.2 Å². The molecule has 1 aliphatic rings. The third kappa shape index (κ3) is 4.28. The Hall–Kier alpha value is -2.60. The predicted molar refractivity (Wildman–Crippen MR) is 108 cm³/mol. The lowest BCUT2D eigenvalue weighted by Gasteiger charge is -2.31. The predicted octanol–water partition coefficient (Wildman–Crippen LogP) is 3.95. The molecule has 0 aliphatic carbocycles. The molecule has 0 radical (unpaired) electrons. The third-order valence-corrected chi connectivity index (χ3v) is 5.42. The van der Waals surface area contributed by atoms with E-state index in [4.69, 9.17) is 16.3 Å². The van der Waals surface area contributed by atoms with Crippen LogP contribution in [0, 0.1) is 0 Å². The maximum Gasteiger partial charge on any atom is 0.222 e. The maximum absolute atomic E-state index is 12.5. The van der Waals surface area contributed by atoms with Crippen LogP contribution in [0.25, 0.3) is 5.65 Å². The van der Waals surface area contributed by atoms with Crippen molar-refractivity contribution in [3.8, 4) is 5.75 Å². The van der Waals surface area contributed by atoms with E-state index in [1.54, 1.807) is 12.1 Å². The van der Waals surface area contributed by atoms with E-state index in [1.807, 2.05) is 41.4 Å². The Kier molecular flexibility index (Phi) is 5.76. The third-order valence-electron chi connectivity index (χ3n) is 5.17. The number of hydrogen-bond acceptors (Lipinski definition) is 4. The number of piperidine rings is 1. The number of carbonyl (C=O) groups is 1. The average Bonchev–Trinajstić information content (AvgIpc) is 3.17. The molecule has 28 heavy (non-hydrogen) atoms. The number of fused-ring (bicyclic) bond motifs is 1. The highest BCUT2D eigenvalue weighted by Gasteiger charge is 2.26. The number of rotatable bonds is 6. The second-order valence-electron chi connectivity index (χ2n) is 7.05. The summed E-state index contributed by atoms with van der Waals surface area (Å²) in [6, 6.07) is 13.2. The first-order valence-corrected chi connectivity index (χ1v) is 10.0. The van der Waals surface area contributed by atoms with Crippen molar-refractivity contribution in [2.24, 2.45) is 0 Å².